The Morgan fingerprint density at radius 2 is 2.10 bits per heavy atom. The number of hydrogen-bond acceptors (Lipinski definition) is 4. The fourth-order valence-corrected chi connectivity index (χ4v) is 2.31. The summed E-state index contributed by atoms with van der Waals surface area (Å²) in [7, 11) is 1.95. The normalized spacial score (nSPS) is 12.4. The number of hydrogen-bond donors (Lipinski definition) is 1. The average Bonchev–Trinajstić information content (AvgIpc) is 2.86. The van der Waals surface area contributed by atoms with Gasteiger partial charge in [0.1, 0.15) is 5.76 Å². The van der Waals surface area contributed by atoms with Crippen molar-refractivity contribution in [3.63, 3.8) is 0 Å². The lowest BCUT2D eigenvalue weighted by Gasteiger charge is -2.25. The third-order valence-corrected chi connectivity index (χ3v) is 3.38. The molecule has 1 N–H and O–H groups in total. The van der Waals surface area contributed by atoms with Gasteiger partial charge in [-0.2, -0.15) is 0 Å². The molecule has 0 radical (unpaired) electrons. The second-order valence-corrected chi connectivity index (χ2v) is 5.14. The number of likely N-dealkylation sites (N-methyl/N-ethyl adjacent to an activating group) is 1. The smallest absolute Gasteiger partial charge is 0.242 e. The van der Waals surface area contributed by atoms with Crippen LogP contribution >= 0.6 is 0 Å². The number of aromatic nitrogens is 1. The summed E-state index contributed by atoms with van der Waals surface area (Å²) in [4.78, 5) is 14.4. The van der Waals surface area contributed by atoms with E-state index >= 15 is 0 Å². The van der Waals surface area contributed by atoms with Crippen molar-refractivity contribution in [3.05, 3.63) is 47.7 Å². The second kappa shape index (κ2) is 7.04. The zero-order chi connectivity index (χ0) is 15.2. The van der Waals surface area contributed by atoms with Gasteiger partial charge < -0.3 is 9.84 Å². The van der Waals surface area contributed by atoms with Gasteiger partial charge in [0, 0.05) is 12.6 Å². The van der Waals surface area contributed by atoms with Crippen LogP contribution in [0.3, 0.4) is 0 Å². The number of aryl methyl sites for hydroxylation is 1. The Hall–Kier alpha value is -2.14. The van der Waals surface area contributed by atoms with E-state index in [0.717, 1.165) is 13.0 Å². The van der Waals surface area contributed by atoms with Crippen molar-refractivity contribution in [3.8, 4) is 0 Å². The minimum Gasteiger partial charge on any atom is -0.360 e. The molecule has 5 heteroatoms. The highest BCUT2D eigenvalue weighted by Crippen LogP contribution is 2.12. The number of anilines is 1. The Balaban J connectivity index is 1.99. The van der Waals surface area contributed by atoms with Crippen molar-refractivity contribution in [2.45, 2.75) is 32.9 Å². The van der Waals surface area contributed by atoms with E-state index in [1.54, 1.807) is 13.0 Å². The Morgan fingerprint density at radius 1 is 1.38 bits per heavy atom. The summed E-state index contributed by atoms with van der Waals surface area (Å²) < 4.78 is 4.96. The number of carbonyl (C=O) groups is 1. The van der Waals surface area contributed by atoms with Gasteiger partial charge in [0.15, 0.2) is 5.82 Å². The van der Waals surface area contributed by atoms with E-state index in [0.29, 0.717) is 11.6 Å². The average molecular weight is 287 g/mol. The maximum absolute atomic E-state index is 12.4. The molecule has 0 aliphatic rings. The van der Waals surface area contributed by atoms with Crippen LogP contribution in [0.4, 0.5) is 5.82 Å². The molecule has 0 aliphatic heterocycles. The van der Waals surface area contributed by atoms with Crippen LogP contribution in [-0.4, -0.2) is 29.1 Å². The van der Waals surface area contributed by atoms with Gasteiger partial charge >= 0.3 is 0 Å². The summed E-state index contributed by atoms with van der Waals surface area (Å²) in [6.45, 7) is 4.52. The Labute approximate surface area is 124 Å². The van der Waals surface area contributed by atoms with Crippen LogP contribution in [-0.2, 0) is 11.3 Å². The zero-order valence-electron chi connectivity index (χ0n) is 12.7. The van der Waals surface area contributed by atoms with Crippen LogP contribution in [0.2, 0.25) is 0 Å². The quantitative estimate of drug-likeness (QED) is 0.887. The second-order valence-electron chi connectivity index (χ2n) is 5.14. The standard InChI is InChI=1S/C16H21N3O2/c1-4-14(16(20)17-15-10-12(2)21-18-15)19(3)11-13-8-6-5-7-9-13/h5-10,14H,4,11H2,1-3H3,(H,17,18,20)/t14-/m1/s1. The number of benzene rings is 1. The van der Waals surface area contributed by atoms with Crippen LogP contribution in [0, 0.1) is 6.92 Å². The summed E-state index contributed by atoms with van der Waals surface area (Å²) in [6.07, 6.45) is 0.728. The maximum atomic E-state index is 12.4. The fourth-order valence-electron chi connectivity index (χ4n) is 2.31. The summed E-state index contributed by atoms with van der Waals surface area (Å²) in [5.74, 6) is 1.07. The molecule has 1 aromatic carbocycles. The van der Waals surface area contributed by atoms with E-state index in [1.165, 1.54) is 5.56 Å². The van der Waals surface area contributed by atoms with E-state index in [1.807, 2.05) is 37.1 Å². The largest absolute Gasteiger partial charge is 0.360 e. The van der Waals surface area contributed by atoms with Crippen molar-refractivity contribution in [2.75, 3.05) is 12.4 Å². The molecule has 2 aromatic rings. The fraction of sp³-hybridized carbons (Fsp3) is 0.375. The topological polar surface area (TPSA) is 58.4 Å². The van der Waals surface area contributed by atoms with Crippen molar-refractivity contribution >= 4 is 11.7 Å². The summed E-state index contributed by atoms with van der Waals surface area (Å²) in [5, 5.41) is 6.59. The van der Waals surface area contributed by atoms with Crippen molar-refractivity contribution in [1.82, 2.24) is 10.1 Å². The molecule has 0 spiro atoms. The predicted octanol–water partition coefficient (Wildman–Crippen LogP) is 2.83. The van der Waals surface area contributed by atoms with E-state index in [4.69, 9.17) is 4.52 Å². The van der Waals surface area contributed by atoms with Crippen LogP contribution in [0.1, 0.15) is 24.7 Å². The molecule has 21 heavy (non-hydrogen) atoms. The Bertz CT molecular complexity index is 580. The zero-order valence-corrected chi connectivity index (χ0v) is 12.7. The van der Waals surface area contributed by atoms with Gasteiger partial charge in [0.05, 0.1) is 6.04 Å². The van der Waals surface area contributed by atoms with Crippen molar-refractivity contribution < 1.29 is 9.32 Å². The molecule has 1 atom stereocenters. The number of amides is 1. The van der Waals surface area contributed by atoms with Gasteiger partial charge in [-0.3, -0.25) is 9.69 Å². The van der Waals surface area contributed by atoms with Crippen LogP contribution in [0.5, 0.6) is 0 Å². The number of rotatable bonds is 6. The molecule has 0 saturated carbocycles. The lowest BCUT2D eigenvalue weighted by Crippen LogP contribution is -2.41. The number of nitrogens with zero attached hydrogens (tertiary/aromatic N) is 2. The highest BCUT2D eigenvalue weighted by Gasteiger charge is 2.22. The predicted molar refractivity (Wildman–Crippen MR) is 81.9 cm³/mol. The maximum Gasteiger partial charge on any atom is 0.242 e. The molecular formula is C16H21N3O2. The molecule has 0 fully saturated rings. The minimum atomic E-state index is -0.206. The van der Waals surface area contributed by atoms with Gasteiger partial charge in [-0.1, -0.05) is 42.4 Å². The number of nitrogens with one attached hydrogen (secondary N) is 1. The third kappa shape index (κ3) is 4.16. The van der Waals surface area contributed by atoms with Gasteiger partial charge in [0.2, 0.25) is 5.91 Å². The van der Waals surface area contributed by atoms with E-state index in [-0.39, 0.29) is 11.9 Å². The molecule has 2 rings (SSSR count). The first kappa shape index (κ1) is 15.3. The lowest BCUT2D eigenvalue weighted by molar-refractivity contribution is -0.121. The highest BCUT2D eigenvalue weighted by atomic mass is 16.5. The molecule has 5 nitrogen and oxygen atoms in total. The van der Waals surface area contributed by atoms with E-state index < -0.39 is 0 Å². The molecule has 0 aliphatic carbocycles. The van der Waals surface area contributed by atoms with E-state index in [2.05, 4.69) is 22.6 Å². The molecular weight excluding hydrogens is 266 g/mol. The summed E-state index contributed by atoms with van der Waals surface area (Å²) >= 11 is 0. The highest BCUT2D eigenvalue weighted by molar-refractivity contribution is 5.93. The molecule has 112 valence electrons. The molecule has 0 bridgehead atoms. The first-order valence-electron chi connectivity index (χ1n) is 7.08. The third-order valence-electron chi connectivity index (χ3n) is 3.38. The summed E-state index contributed by atoms with van der Waals surface area (Å²) in [6, 6.07) is 11.6. The Kier molecular flexibility index (Phi) is 5.11. The monoisotopic (exact) mass is 287 g/mol. The minimum absolute atomic E-state index is 0.0655. The van der Waals surface area contributed by atoms with Crippen molar-refractivity contribution in [2.24, 2.45) is 0 Å². The lowest BCUT2D eigenvalue weighted by atomic mass is 10.1. The van der Waals surface area contributed by atoms with Gasteiger partial charge in [-0.25, -0.2) is 0 Å². The molecule has 1 aromatic heterocycles. The van der Waals surface area contributed by atoms with E-state index in [9.17, 15) is 4.79 Å². The van der Waals surface area contributed by atoms with Crippen molar-refractivity contribution in [1.29, 1.82) is 0 Å². The first-order valence-corrected chi connectivity index (χ1v) is 7.08. The first-order chi connectivity index (χ1) is 10.1. The molecule has 1 heterocycles. The van der Waals surface area contributed by atoms with Gasteiger partial charge in [-0.05, 0) is 26.0 Å². The SMILES string of the molecule is CC[C@H](C(=O)Nc1cc(C)on1)N(C)Cc1ccccc1. The molecule has 0 saturated heterocycles. The van der Waals surface area contributed by atoms with Crippen LogP contribution in [0.15, 0.2) is 40.9 Å². The number of carbonyl (C=O) groups excluding carboxylic acids is 1. The molecule has 1 amide bonds. The Morgan fingerprint density at radius 3 is 2.67 bits per heavy atom. The van der Waals surface area contributed by atoms with Gasteiger partial charge in [-0.15, -0.1) is 0 Å². The van der Waals surface area contributed by atoms with Crippen LogP contribution in [0.25, 0.3) is 0 Å². The summed E-state index contributed by atoms with van der Waals surface area (Å²) in [5.41, 5.74) is 1.18. The van der Waals surface area contributed by atoms with Crippen LogP contribution < -0.4 is 5.32 Å². The molecule has 0 unspecified atom stereocenters. The van der Waals surface area contributed by atoms with Gasteiger partial charge in [0.25, 0.3) is 0 Å².